The van der Waals surface area contributed by atoms with Gasteiger partial charge in [-0.15, -0.1) is 5.10 Å². The van der Waals surface area contributed by atoms with Gasteiger partial charge in [-0.3, -0.25) is 0 Å². The van der Waals surface area contributed by atoms with Crippen molar-refractivity contribution in [2.75, 3.05) is 6.61 Å². The molecule has 0 radical (unpaired) electrons. The molecule has 0 amide bonds. The zero-order chi connectivity index (χ0) is 18.9. The third kappa shape index (κ3) is 3.29. The summed E-state index contributed by atoms with van der Waals surface area (Å²) in [5.74, 6) is 0.571. The lowest BCUT2D eigenvalue weighted by atomic mass is 10.0. The molecule has 2 aromatic heterocycles. The van der Waals surface area contributed by atoms with Crippen molar-refractivity contribution < 1.29 is 9.15 Å². The zero-order valence-corrected chi connectivity index (χ0v) is 15.9. The van der Waals surface area contributed by atoms with Crippen molar-refractivity contribution in [3.05, 3.63) is 58.4 Å². The van der Waals surface area contributed by atoms with Gasteiger partial charge in [0.1, 0.15) is 5.58 Å². The fourth-order valence-electron chi connectivity index (χ4n) is 3.67. The van der Waals surface area contributed by atoms with Crippen LogP contribution in [0.15, 0.2) is 56.8 Å². The number of nitrogens with zero attached hydrogens (tertiary/aromatic N) is 4. The Morgan fingerprint density at radius 3 is 3.04 bits per heavy atom. The van der Waals surface area contributed by atoms with E-state index in [0.29, 0.717) is 17.9 Å². The maximum absolute atomic E-state index is 12.1. The number of aromatic nitrogens is 4. The number of hydrogen-bond donors (Lipinski definition) is 0. The molecular weight excluding hydrogens is 376 g/mol. The van der Waals surface area contributed by atoms with E-state index in [-0.39, 0.29) is 11.7 Å². The van der Waals surface area contributed by atoms with Crippen molar-refractivity contribution in [3.63, 3.8) is 0 Å². The van der Waals surface area contributed by atoms with Gasteiger partial charge >= 0.3 is 5.63 Å². The normalized spacial score (nSPS) is 16.9. The monoisotopic (exact) mass is 394 g/mol. The van der Waals surface area contributed by atoms with Gasteiger partial charge in [-0.05, 0) is 45.7 Å². The molecule has 1 atom stereocenters. The number of tetrazole rings is 1. The Labute approximate surface area is 164 Å². The molecule has 2 aromatic carbocycles. The molecule has 1 fully saturated rings. The summed E-state index contributed by atoms with van der Waals surface area (Å²) in [5, 5.41) is 15.9. The Hall–Kier alpha value is -2.71. The molecule has 7 nitrogen and oxygen atoms in total. The maximum Gasteiger partial charge on any atom is 0.336 e. The third-order valence-electron chi connectivity index (χ3n) is 4.97. The smallest absolute Gasteiger partial charge is 0.336 e. The van der Waals surface area contributed by atoms with Gasteiger partial charge in [0.2, 0.25) is 5.16 Å². The largest absolute Gasteiger partial charge is 0.423 e. The van der Waals surface area contributed by atoms with E-state index in [1.807, 2.05) is 30.3 Å². The minimum absolute atomic E-state index is 0.163. The van der Waals surface area contributed by atoms with E-state index in [9.17, 15) is 4.79 Å². The summed E-state index contributed by atoms with van der Waals surface area (Å²) in [6, 6.07) is 13.5. The standard InChI is InChI=1S/C20H18N4O3S/c25-18-10-14(19-16-6-2-1-4-13(16)7-8-17(19)27-18)12-28-20-21-22-23-24(20)11-15-5-3-9-26-15/h1-2,4,6-8,10,15H,3,5,9,11-12H2. The van der Waals surface area contributed by atoms with E-state index in [0.717, 1.165) is 46.3 Å². The van der Waals surface area contributed by atoms with Crippen LogP contribution in [0.1, 0.15) is 18.4 Å². The quantitative estimate of drug-likeness (QED) is 0.291. The molecule has 5 rings (SSSR count). The van der Waals surface area contributed by atoms with Crippen molar-refractivity contribution in [1.82, 2.24) is 20.2 Å². The Morgan fingerprint density at radius 1 is 1.21 bits per heavy atom. The van der Waals surface area contributed by atoms with Gasteiger partial charge in [0.05, 0.1) is 12.6 Å². The molecular formula is C20H18N4O3S. The van der Waals surface area contributed by atoms with Crippen molar-refractivity contribution in [3.8, 4) is 0 Å². The molecule has 0 spiro atoms. The molecule has 1 aliphatic heterocycles. The molecule has 1 unspecified atom stereocenters. The van der Waals surface area contributed by atoms with Crippen LogP contribution in [0.3, 0.4) is 0 Å². The van der Waals surface area contributed by atoms with E-state index >= 15 is 0 Å². The summed E-state index contributed by atoms with van der Waals surface area (Å²) in [7, 11) is 0. The van der Waals surface area contributed by atoms with Gasteiger partial charge in [-0.2, -0.15) is 0 Å². The highest BCUT2D eigenvalue weighted by Crippen LogP contribution is 2.31. The van der Waals surface area contributed by atoms with Crippen LogP contribution in [0.4, 0.5) is 0 Å². The van der Waals surface area contributed by atoms with E-state index < -0.39 is 0 Å². The number of ether oxygens (including phenoxy) is 1. The highest BCUT2D eigenvalue weighted by Gasteiger charge is 2.19. The van der Waals surface area contributed by atoms with Gasteiger partial charge in [-0.25, -0.2) is 9.48 Å². The molecule has 0 saturated carbocycles. The van der Waals surface area contributed by atoms with Gasteiger partial charge in [0, 0.05) is 23.8 Å². The molecule has 28 heavy (non-hydrogen) atoms. The number of fused-ring (bicyclic) bond motifs is 3. The van der Waals surface area contributed by atoms with Crippen LogP contribution < -0.4 is 5.63 Å². The Morgan fingerprint density at radius 2 is 2.14 bits per heavy atom. The van der Waals surface area contributed by atoms with Crippen molar-refractivity contribution in [1.29, 1.82) is 0 Å². The van der Waals surface area contributed by atoms with Crippen molar-refractivity contribution in [2.24, 2.45) is 0 Å². The van der Waals surface area contributed by atoms with Crippen LogP contribution in [0.5, 0.6) is 0 Å². The second-order valence-electron chi connectivity index (χ2n) is 6.82. The minimum atomic E-state index is -0.350. The van der Waals surface area contributed by atoms with Crippen LogP contribution in [0.2, 0.25) is 0 Å². The Balaban J connectivity index is 1.48. The van der Waals surface area contributed by atoms with Crippen molar-refractivity contribution >= 4 is 33.5 Å². The lowest BCUT2D eigenvalue weighted by molar-refractivity contribution is 0.0912. The Bertz CT molecular complexity index is 1200. The number of thioether (sulfide) groups is 1. The first-order valence-electron chi connectivity index (χ1n) is 9.23. The van der Waals surface area contributed by atoms with E-state index in [2.05, 4.69) is 21.6 Å². The molecule has 4 aromatic rings. The maximum atomic E-state index is 12.1. The first-order chi connectivity index (χ1) is 13.8. The molecule has 1 saturated heterocycles. The summed E-state index contributed by atoms with van der Waals surface area (Å²) >= 11 is 1.51. The van der Waals surface area contributed by atoms with Crippen LogP contribution in [-0.2, 0) is 17.0 Å². The Kier molecular flexibility index (Phi) is 4.58. The van der Waals surface area contributed by atoms with E-state index in [1.165, 1.54) is 11.8 Å². The van der Waals surface area contributed by atoms with Gasteiger partial charge in [0.15, 0.2) is 0 Å². The number of rotatable bonds is 5. The lowest BCUT2D eigenvalue weighted by Crippen LogP contribution is -2.16. The molecule has 1 aliphatic rings. The first kappa shape index (κ1) is 17.4. The summed E-state index contributed by atoms with van der Waals surface area (Å²) in [6.45, 7) is 1.45. The molecule has 0 bridgehead atoms. The summed E-state index contributed by atoms with van der Waals surface area (Å²) < 4.78 is 12.9. The topological polar surface area (TPSA) is 83.0 Å². The van der Waals surface area contributed by atoms with Crippen LogP contribution in [-0.4, -0.2) is 32.9 Å². The predicted octanol–water partition coefficient (Wildman–Crippen LogP) is 3.40. The second-order valence-corrected chi connectivity index (χ2v) is 7.76. The van der Waals surface area contributed by atoms with Crippen LogP contribution in [0.25, 0.3) is 21.7 Å². The number of hydrogen-bond acceptors (Lipinski definition) is 7. The van der Waals surface area contributed by atoms with Gasteiger partial charge < -0.3 is 9.15 Å². The highest BCUT2D eigenvalue weighted by atomic mass is 32.2. The SMILES string of the molecule is O=c1cc(CSc2nnnn2CC2CCCO2)c2c(ccc3ccccc32)o1. The zero-order valence-electron chi connectivity index (χ0n) is 15.1. The first-order valence-corrected chi connectivity index (χ1v) is 10.2. The van der Waals surface area contributed by atoms with E-state index in [4.69, 9.17) is 9.15 Å². The fourth-order valence-corrected chi connectivity index (χ4v) is 4.54. The summed E-state index contributed by atoms with van der Waals surface area (Å²) in [6.07, 6.45) is 2.27. The second kappa shape index (κ2) is 7.37. The number of benzene rings is 2. The highest BCUT2D eigenvalue weighted by molar-refractivity contribution is 7.98. The predicted molar refractivity (Wildman–Crippen MR) is 106 cm³/mol. The van der Waals surface area contributed by atoms with Crippen molar-refractivity contribution in [2.45, 2.75) is 36.4 Å². The molecule has 0 aliphatic carbocycles. The third-order valence-corrected chi connectivity index (χ3v) is 5.98. The minimum Gasteiger partial charge on any atom is -0.423 e. The molecule has 8 heteroatoms. The van der Waals surface area contributed by atoms with Gasteiger partial charge in [0.25, 0.3) is 0 Å². The molecule has 0 N–H and O–H groups in total. The van der Waals surface area contributed by atoms with Crippen LogP contribution in [0, 0.1) is 0 Å². The fraction of sp³-hybridized carbons (Fsp3) is 0.300. The van der Waals surface area contributed by atoms with Crippen LogP contribution >= 0.6 is 11.8 Å². The summed E-state index contributed by atoms with van der Waals surface area (Å²) in [4.78, 5) is 12.1. The average molecular weight is 394 g/mol. The van der Waals surface area contributed by atoms with E-state index in [1.54, 1.807) is 10.7 Å². The molecule has 142 valence electrons. The average Bonchev–Trinajstić information content (AvgIpc) is 3.38. The molecule has 3 heterocycles. The lowest BCUT2D eigenvalue weighted by Gasteiger charge is -2.11. The van der Waals surface area contributed by atoms with Gasteiger partial charge in [-0.1, -0.05) is 42.1 Å². The summed E-state index contributed by atoms with van der Waals surface area (Å²) in [5.41, 5.74) is 1.16.